The van der Waals surface area contributed by atoms with Gasteiger partial charge in [-0.25, -0.2) is 4.98 Å². The number of hydrogen-bond donors (Lipinski definition) is 1. The van der Waals surface area contributed by atoms with Crippen molar-refractivity contribution in [2.45, 2.75) is 25.8 Å². The van der Waals surface area contributed by atoms with Crippen LogP contribution in [-0.4, -0.2) is 77.7 Å². The molecule has 0 aliphatic carbocycles. The van der Waals surface area contributed by atoms with Gasteiger partial charge in [0.05, 0.1) is 0 Å². The number of pyridine rings is 1. The Labute approximate surface area is 144 Å². The quantitative estimate of drug-likeness (QED) is 0.879. The zero-order valence-electron chi connectivity index (χ0n) is 14.5. The van der Waals surface area contributed by atoms with E-state index in [0.717, 1.165) is 58.1 Å². The predicted molar refractivity (Wildman–Crippen MR) is 94.3 cm³/mol. The van der Waals surface area contributed by atoms with Gasteiger partial charge in [0.15, 0.2) is 0 Å². The largest absolute Gasteiger partial charge is 0.480 e. The Hall–Kier alpha value is -1.66. The van der Waals surface area contributed by atoms with E-state index in [9.17, 15) is 9.90 Å². The Morgan fingerprint density at radius 3 is 2.75 bits per heavy atom. The molecule has 6 heteroatoms. The Morgan fingerprint density at radius 2 is 2.08 bits per heavy atom. The van der Waals surface area contributed by atoms with Crippen LogP contribution in [0.5, 0.6) is 0 Å². The number of piperidine rings is 1. The van der Waals surface area contributed by atoms with Crippen molar-refractivity contribution in [1.29, 1.82) is 0 Å². The molecule has 0 amide bonds. The Bertz CT molecular complexity index is 531. The zero-order chi connectivity index (χ0) is 16.9. The molecule has 0 saturated carbocycles. The highest BCUT2D eigenvalue weighted by atomic mass is 16.4. The van der Waals surface area contributed by atoms with Crippen LogP contribution in [0.4, 0.5) is 5.82 Å². The lowest BCUT2D eigenvalue weighted by Crippen LogP contribution is -2.51. The summed E-state index contributed by atoms with van der Waals surface area (Å²) in [5, 5.41) is 9.22. The number of nitrogens with zero attached hydrogens (tertiary/aromatic N) is 4. The highest BCUT2D eigenvalue weighted by molar-refractivity contribution is 5.72. The van der Waals surface area contributed by atoms with E-state index in [1.54, 1.807) is 6.92 Å². The number of hydrogen-bond acceptors (Lipinski definition) is 5. The monoisotopic (exact) mass is 332 g/mol. The average molecular weight is 332 g/mol. The molecule has 1 aromatic heterocycles. The van der Waals surface area contributed by atoms with E-state index >= 15 is 0 Å². The van der Waals surface area contributed by atoms with Gasteiger partial charge in [0.1, 0.15) is 11.9 Å². The fourth-order valence-electron chi connectivity index (χ4n) is 3.82. The standard InChI is InChI=1S/C18H28N4O2/c1-15(18(23)24)22-8-4-5-16(14-22)13-20-9-11-21(12-10-20)17-6-2-3-7-19-17/h2-3,6-7,15-16H,4-5,8-14H2,1H3,(H,23,24)/t15-,16+/m1/s1. The van der Waals surface area contributed by atoms with Crippen LogP contribution in [0.15, 0.2) is 24.4 Å². The van der Waals surface area contributed by atoms with Crippen LogP contribution >= 0.6 is 0 Å². The van der Waals surface area contributed by atoms with E-state index in [0.29, 0.717) is 5.92 Å². The normalized spacial score (nSPS) is 24.7. The minimum Gasteiger partial charge on any atom is -0.480 e. The molecular weight excluding hydrogens is 304 g/mol. The van der Waals surface area contributed by atoms with E-state index in [4.69, 9.17) is 0 Å². The van der Waals surface area contributed by atoms with E-state index in [2.05, 4.69) is 25.8 Å². The van der Waals surface area contributed by atoms with Crippen molar-refractivity contribution < 1.29 is 9.90 Å². The molecule has 1 aromatic rings. The van der Waals surface area contributed by atoms with Gasteiger partial charge in [-0.2, -0.15) is 0 Å². The first-order valence-corrected chi connectivity index (χ1v) is 8.98. The molecule has 0 unspecified atom stereocenters. The summed E-state index contributed by atoms with van der Waals surface area (Å²) in [6.45, 7) is 8.85. The summed E-state index contributed by atoms with van der Waals surface area (Å²) < 4.78 is 0. The Morgan fingerprint density at radius 1 is 1.29 bits per heavy atom. The zero-order valence-corrected chi connectivity index (χ0v) is 14.5. The van der Waals surface area contributed by atoms with Gasteiger partial charge in [0.2, 0.25) is 0 Å². The first kappa shape index (κ1) is 17.2. The molecule has 2 aliphatic rings. The third-order valence-electron chi connectivity index (χ3n) is 5.32. The summed E-state index contributed by atoms with van der Waals surface area (Å²) in [4.78, 5) is 22.6. The molecule has 6 nitrogen and oxygen atoms in total. The number of aliphatic carboxylic acids is 1. The van der Waals surface area contributed by atoms with Crippen molar-refractivity contribution in [2.75, 3.05) is 50.7 Å². The minimum absolute atomic E-state index is 0.367. The topological polar surface area (TPSA) is 59.9 Å². The van der Waals surface area contributed by atoms with Crippen molar-refractivity contribution >= 4 is 11.8 Å². The lowest BCUT2D eigenvalue weighted by atomic mass is 9.96. The van der Waals surface area contributed by atoms with Gasteiger partial charge in [-0.3, -0.25) is 14.6 Å². The summed E-state index contributed by atoms with van der Waals surface area (Å²) in [6.07, 6.45) is 4.17. The summed E-state index contributed by atoms with van der Waals surface area (Å²) in [5.41, 5.74) is 0. The van der Waals surface area contributed by atoms with E-state index in [-0.39, 0.29) is 6.04 Å². The second kappa shape index (κ2) is 7.94. The van der Waals surface area contributed by atoms with E-state index < -0.39 is 5.97 Å². The molecule has 1 N–H and O–H groups in total. The highest BCUT2D eigenvalue weighted by Crippen LogP contribution is 2.21. The smallest absolute Gasteiger partial charge is 0.320 e. The van der Waals surface area contributed by atoms with Gasteiger partial charge in [-0.15, -0.1) is 0 Å². The lowest BCUT2D eigenvalue weighted by Gasteiger charge is -2.40. The lowest BCUT2D eigenvalue weighted by molar-refractivity contribution is -0.143. The van der Waals surface area contributed by atoms with Crippen LogP contribution in [0.25, 0.3) is 0 Å². The third-order valence-corrected chi connectivity index (χ3v) is 5.32. The number of anilines is 1. The first-order chi connectivity index (χ1) is 11.6. The number of piperazine rings is 1. The van der Waals surface area contributed by atoms with Crippen LogP contribution in [0, 0.1) is 5.92 Å². The summed E-state index contributed by atoms with van der Waals surface area (Å²) in [6, 6.07) is 5.69. The first-order valence-electron chi connectivity index (χ1n) is 8.98. The molecule has 2 atom stereocenters. The summed E-state index contributed by atoms with van der Waals surface area (Å²) in [5.74, 6) is 0.942. The van der Waals surface area contributed by atoms with Gasteiger partial charge < -0.3 is 10.0 Å². The number of carboxylic acid groups (broad SMARTS) is 1. The second-order valence-electron chi connectivity index (χ2n) is 6.99. The van der Waals surface area contributed by atoms with Crippen molar-refractivity contribution in [3.63, 3.8) is 0 Å². The molecule has 0 bridgehead atoms. The van der Waals surface area contributed by atoms with Gasteiger partial charge >= 0.3 is 5.97 Å². The highest BCUT2D eigenvalue weighted by Gasteiger charge is 2.29. The average Bonchev–Trinajstić information content (AvgIpc) is 2.62. The van der Waals surface area contributed by atoms with Crippen molar-refractivity contribution in [1.82, 2.24) is 14.8 Å². The maximum atomic E-state index is 11.2. The van der Waals surface area contributed by atoms with Crippen LogP contribution in [0.1, 0.15) is 19.8 Å². The minimum atomic E-state index is -0.709. The maximum absolute atomic E-state index is 11.2. The fourth-order valence-corrected chi connectivity index (χ4v) is 3.82. The molecular formula is C18H28N4O2. The van der Waals surface area contributed by atoms with Crippen LogP contribution in [0.3, 0.4) is 0 Å². The van der Waals surface area contributed by atoms with Crippen molar-refractivity contribution in [2.24, 2.45) is 5.92 Å². The fraction of sp³-hybridized carbons (Fsp3) is 0.667. The third kappa shape index (κ3) is 4.24. The van der Waals surface area contributed by atoms with Crippen LogP contribution in [-0.2, 0) is 4.79 Å². The molecule has 0 spiro atoms. The molecule has 2 saturated heterocycles. The van der Waals surface area contributed by atoms with Crippen molar-refractivity contribution in [3.8, 4) is 0 Å². The van der Waals surface area contributed by atoms with Crippen LogP contribution < -0.4 is 4.90 Å². The molecule has 2 aliphatic heterocycles. The molecule has 3 heterocycles. The molecule has 3 rings (SSSR count). The summed E-state index contributed by atoms with van der Waals surface area (Å²) >= 11 is 0. The predicted octanol–water partition coefficient (Wildman–Crippen LogP) is 1.39. The number of likely N-dealkylation sites (tertiary alicyclic amines) is 1. The molecule has 132 valence electrons. The number of carboxylic acids is 1. The molecule has 0 aromatic carbocycles. The SMILES string of the molecule is C[C@H](C(=O)O)N1CCC[C@@H](CN2CCN(c3ccccn3)CC2)C1. The van der Waals surface area contributed by atoms with E-state index in [1.165, 1.54) is 6.42 Å². The van der Waals surface area contributed by atoms with Gasteiger partial charge in [0, 0.05) is 45.5 Å². The summed E-state index contributed by atoms with van der Waals surface area (Å²) in [7, 11) is 0. The Kier molecular flexibility index (Phi) is 5.68. The van der Waals surface area contributed by atoms with Gasteiger partial charge in [-0.05, 0) is 44.4 Å². The number of rotatable bonds is 5. The van der Waals surface area contributed by atoms with Gasteiger partial charge in [0.25, 0.3) is 0 Å². The Balaban J connectivity index is 1.46. The van der Waals surface area contributed by atoms with E-state index in [1.807, 2.05) is 18.3 Å². The van der Waals surface area contributed by atoms with Crippen LogP contribution in [0.2, 0.25) is 0 Å². The molecule has 2 fully saturated rings. The number of carbonyl (C=O) groups is 1. The molecule has 0 radical (unpaired) electrons. The second-order valence-corrected chi connectivity index (χ2v) is 6.99. The van der Waals surface area contributed by atoms with Gasteiger partial charge in [-0.1, -0.05) is 6.07 Å². The maximum Gasteiger partial charge on any atom is 0.320 e. The van der Waals surface area contributed by atoms with Crippen molar-refractivity contribution in [3.05, 3.63) is 24.4 Å². The molecule has 24 heavy (non-hydrogen) atoms. The number of aromatic nitrogens is 1.